The molecule has 0 bridgehead atoms. The SMILES string of the molecule is CCCC1=C(O)N=C2C=c3c(c(C)c4n3CCc3c([nH]c(C=C5NC(=O)C(CCC(=O)O)=C5C)c3C)C=4)C=CC21C. The van der Waals surface area contributed by atoms with Crippen LogP contribution in [0.15, 0.2) is 39.4 Å². The van der Waals surface area contributed by atoms with Crippen LogP contribution >= 0.6 is 0 Å². The van der Waals surface area contributed by atoms with Gasteiger partial charge in [-0.15, -0.1) is 0 Å². The summed E-state index contributed by atoms with van der Waals surface area (Å²) in [5, 5.41) is 24.9. The fraction of sp³-hybridized carbons (Fsp3) is 0.364. The molecular formula is C33H36N4O4. The zero-order valence-corrected chi connectivity index (χ0v) is 24.2. The predicted octanol–water partition coefficient (Wildman–Crippen LogP) is 4.31. The molecule has 2 aromatic heterocycles. The Labute approximate surface area is 238 Å². The van der Waals surface area contributed by atoms with Gasteiger partial charge in [-0.25, -0.2) is 4.99 Å². The zero-order chi connectivity index (χ0) is 29.2. The van der Waals surface area contributed by atoms with Gasteiger partial charge in [0.15, 0.2) is 0 Å². The van der Waals surface area contributed by atoms with Gasteiger partial charge in [-0.1, -0.05) is 25.5 Å². The molecule has 0 saturated heterocycles. The first-order valence-electron chi connectivity index (χ1n) is 14.3. The summed E-state index contributed by atoms with van der Waals surface area (Å²) in [6.45, 7) is 11.2. The lowest BCUT2D eigenvalue weighted by Crippen LogP contribution is -2.30. The Morgan fingerprint density at radius 1 is 1.17 bits per heavy atom. The topological polar surface area (TPSA) is 120 Å². The maximum Gasteiger partial charge on any atom is 0.303 e. The highest BCUT2D eigenvalue weighted by atomic mass is 16.4. The van der Waals surface area contributed by atoms with Gasteiger partial charge in [-0.2, -0.15) is 0 Å². The van der Waals surface area contributed by atoms with E-state index in [1.54, 1.807) is 0 Å². The van der Waals surface area contributed by atoms with Crippen molar-refractivity contribution in [3.05, 3.63) is 78.7 Å². The van der Waals surface area contributed by atoms with Crippen molar-refractivity contribution in [3.63, 3.8) is 0 Å². The Bertz CT molecular complexity index is 1820. The summed E-state index contributed by atoms with van der Waals surface area (Å²) in [6, 6.07) is 0. The smallest absolute Gasteiger partial charge is 0.303 e. The Kier molecular flexibility index (Phi) is 6.32. The average molecular weight is 553 g/mol. The number of hydrogen-bond donors (Lipinski definition) is 4. The summed E-state index contributed by atoms with van der Waals surface area (Å²) in [7, 11) is 0. The second-order valence-electron chi connectivity index (χ2n) is 11.6. The first-order chi connectivity index (χ1) is 19.5. The fourth-order valence-electron chi connectivity index (χ4n) is 6.73. The van der Waals surface area contributed by atoms with Crippen LogP contribution in [-0.2, 0) is 22.6 Å². The fourth-order valence-corrected chi connectivity index (χ4v) is 6.73. The van der Waals surface area contributed by atoms with Crippen LogP contribution in [0.25, 0.3) is 24.3 Å². The number of carbonyl (C=O) groups excluding carboxylic acids is 1. The third kappa shape index (κ3) is 4.15. The molecular weight excluding hydrogens is 516 g/mol. The number of aliphatic hydroxyl groups excluding tert-OH is 1. The van der Waals surface area contributed by atoms with E-state index in [1.807, 2.05) is 13.0 Å². The molecule has 1 atom stereocenters. The van der Waals surface area contributed by atoms with E-state index in [0.717, 1.165) is 70.3 Å². The summed E-state index contributed by atoms with van der Waals surface area (Å²) < 4.78 is 2.36. The van der Waals surface area contributed by atoms with Crippen LogP contribution in [0.4, 0.5) is 0 Å². The first-order valence-corrected chi connectivity index (χ1v) is 14.3. The van der Waals surface area contributed by atoms with E-state index in [-0.39, 0.29) is 24.6 Å². The molecule has 8 nitrogen and oxygen atoms in total. The van der Waals surface area contributed by atoms with Crippen LogP contribution in [0.2, 0.25) is 0 Å². The number of allylic oxidation sites excluding steroid dienone is 3. The molecule has 0 aromatic carbocycles. The Hall–Kier alpha value is -4.33. The summed E-state index contributed by atoms with van der Waals surface area (Å²) in [5.74, 6) is -0.980. The minimum absolute atomic E-state index is 0.0715. The van der Waals surface area contributed by atoms with Gasteiger partial charge in [-0.05, 0) is 87.4 Å². The number of aliphatic hydroxyl groups is 1. The maximum absolute atomic E-state index is 12.5. The van der Waals surface area contributed by atoms with Crippen molar-refractivity contribution in [2.45, 2.75) is 73.3 Å². The van der Waals surface area contributed by atoms with Crippen molar-refractivity contribution in [1.82, 2.24) is 14.9 Å². The molecule has 4 aliphatic rings. The summed E-state index contributed by atoms with van der Waals surface area (Å²) in [4.78, 5) is 31.8. The number of nitrogens with zero attached hydrogens (tertiary/aromatic N) is 2. The number of amides is 1. The molecule has 1 unspecified atom stereocenters. The lowest BCUT2D eigenvalue weighted by atomic mass is 9.77. The Morgan fingerprint density at radius 3 is 2.68 bits per heavy atom. The van der Waals surface area contributed by atoms with E-state index in [9.17, 15) is 14.7 Å². The molecule has 0 spiro atoms. The van der Waals surface area contributed by atoms with Crippen LogP contribution < -0.4 is 16.0 Å². The Balaban J connectivity index is 1.41. The summed E-state index contributed by atoms with van der Waals surface area (Å²) in [5.41, 5.74) is 10.2. The number of H-pyrrole nitrogens is 1. The zero-order valence-electron chi connectivity index (χ0n) is 24.2. The lowest BCUT2D eigenvalue weighted by molar-refractivity contribution is -0.136. The standard InChI is InChI=1S/C33H36N4O4/c1-6-7-23-32(41)36-29-16-28-21(10-12-33(23,29)5)19(4)27-15-26-20(11-13-37(27)28)17(2)24(34-26)14-25-18(3)22(31(40)35-25)8-9-30(38)39/h10,12,14-16,34,41H,6-9,11,13H2,1-5H3,(H,35,40)(H,38,39). The van der Waals surface area contributed by atoms with Crippen LogP contribution in [0.5, 0.6) is 0 Å². The van der Waals surface area contributed by atoms with Crippen molar-refractivity contribution in [3.8, 4) is 0 Å². The number of hydrogen-bond acceptors (Lipinski definition) is 4. The van der Waals surface area contributed by atoms with E-state index >= 15 is 0 Å². The molecule has 0 saturated carbocycles. The third-order valence-electron chi connectivity index (χ3n) is 9.23. The largest absolute Gasteiger partial charge is 0.493 e. The van der Waals surface area contributed by atoms with Crippen LogP contribution in [-0.4, -0.2) is 37.4 Å². The van der Waals surface area contributed by atoms with E-state index in [1.165, 1.54) is 16.7 Å². The van der Waals surface area contributed by atoms with Gasteiger partial charge in [0.05, 0.1) is 16.5 Å². The van der Waals surface area contributed by atoms with Crippen molar-refractivity contribution in [2.75, 3.05) is 0 Å². The highest BCUT2D eigenvalue weighted by Gasteiger charge is 2.39. The molecule has 0 radical (unpaired) electrons. The highest BCUT2D eigenvalue weighted by Crippen LogP contribution is 2.42. The van der Waals surface area contributed by atoms with Crippen molar-refractivity contribution < 1.29 is 19.8 Å². The molecule has 4 N–H and O–H groups in total. The molecule has 1 aliphatic carbocycles. The molecule has 41 heavy (non-hydrogen) atoms. The quantitative estimate of drug-likeness (QED) is 0.427. The van der Waals surface area contributed by atoms with E-state index in [0.29, 0.717) is 11.3 Å². The highest BCUT2D eigenvalue weighted by molar-refractivity contribution is 6.18. The minimum Gasteiger partial charge on any atom is -0.493 e. The minimum atomic E-state index is -0.915. The van der Waals surface area contributed by atoms with Gasteiger partial charge in [0, 0.05) is 52.1 Å². The number of fused-ring (bicyclic) bond motifs is 5. The normalized spacial score (nSPS) is 21.9. The molecule has 0 fully saturated rings. The van der Waals surface area contributed by atoms with Crippen LogP contribution in [0, 0.1) is 19.3 Å². The molecule has 8 heteroatoms. The molecule has 5 heterocycles. The molecule has 6 rings (SSSR count). The monoisotopic (exact) mass is 552 g/mol. The number of aliphatic carboxylic acids is 1. The number of carbonyl (C=O) groups is 2. The van der Waals surface area contributed by atoms with Crippen molar-refractivity contribution in [2.24, 2.45) is 10.4 Å². The van der Waals surface area contributed by atoms with Crippen molar-refractivity contribution >= 4 is 41.9 Å². The first kappa shape index (κ1) is 26.9. The van der Waals surface area contributed by atoms with Gasteiger partial charge in [0.1, 0.15) is 0 Å². The van der Waals surface area contributed by atoms with Gasteiger partial charge >= 0.3 is 5.97 Å². The third-order valence-corrected chi connectivity index (χ3v) is 9.23. The van der Waals surface area contributed by atoms with E-state index in [2.05, 4.69) is 71.9 Å². The molecule has 2 aromatic rings. The van der Waals surface area contributed by atoms with E-state index in [4.69, 9.17) is 5.11 Å². The van der Waals surface area contributed by atoms with Crippen LogP contribution in [0.3, 0.4) is 0 Å². The molecule has 3 aliphatic heterocycles. The second-order valence-corrected chi connectivity index (χ2v) is 11.6. The summed E-state index contributed by atoms with van der Waals surface area (Å²) >= 11 is 0. The number of nitrogens with one attached hydrogen (secondary N) is 2. The van der Waals surface area contributed by atoms with E-state index < -0.39 is 11.4 Å². The Morgan fingerprint density at radius 2 is 1.95 bits per heavy atom. The van der Waals surface area contributed by atoms with Gasteiger partial charge in [0.2, 0.25) is 5.88 Å². The average Bonchev–Trinajstić information content (AvgIpc) is 3.42. The maximum atomic E-state index is 12.5. The summed E-state index contributed by atoms with van der Waals surface area (Å²) in [6.07, 6.45) is 13.5. The number of aliphatic imine (C=N–C) groups is 1. The predicted molar refractivity (Wildman–Crippen MR) is 161 cm³/mol. The number of aromatic nitrogens is 2. The number of aromatic amines is 1. The van der Waals surface area contributed by atoms with Gasteiger partial charge in [0.25, 0.3) is 5.91 Å². The number of carboxylic acids is 1. The van der Waals surface area contributed by atoms with Gasteiger partial charge in [-0.3, -0.25) is 9.59 Å². The number of rotatable bonds is 6. The molecule has 212 valence electrons. The number of carboxylic acid groups (broad SMARTS) is 1. The molecule has 1 amide bonds. The van der Waals surface area contributed by atoms with Crippen LogP contribution in [0.1, 0.15) is 80.1 Å². The van der Waals surface area contributed by atoms with Gasteiger partial charge < -0.3 is 25.1 Å². The lowest BCUT2D eigenvalue weighted by Gasteiger charge is -2.23. The second kappa shape index (κ2) is 9.65. The van der Waals surface area contributed by atoms with Crippen molar-refractivity contribution in [1.29, 1.82) is 0 Å².